The summed E-state index contributed by atoms with van der Waals surface area (Å²) >= 11 is 0. The van der Waals surface area contributed by atoms with Gasteiger partial charge in [0.1, 0.15) is 11.9 Å². The van der Waals surface area contributed by atoms with E-state index in [1.807, 2.05) is 18.2 Å². The number of aromatic nitrogens is 1. The van der Waals surface area contributed by atoms with Crippen LogP contribution in [0.5, 0.6) is 0 Å². The standard InChI is InChI=1S/C21H14FN3O2/c22-18-6-4-14(5-7-18)20-19(25-21(26)27-20)17-9-16(11-24-12-17)15-3-1-2-13(8-15)10-23/h1-9,11-12,19-20H,(H,25,26)/t19-,20-/m1/s1. The average Bonchev–Trinajstić information content (AvgIpc) is 3.10. The van der Waals surface area contributed by atoms with Gasteiger partial charge in [-0.25, -0.2) is 9.18 Å². The molecular formula is C21H14FN3O2. The van der Waals surface area contributed by atoms with Crippen LogP contribution >= 0.6 is 0 Å². The lowest BCUT2D eigenvalue weighted by atomic mass is 9.95. The van der Waals surface area contributed by atoms with Gasteiger partial charge < -0.3 is 10.1 Å². The van der Waals surface area contributed by atoms with Crippen molar-refractivity contribution in [3.8, 4) is 17.2 Å². The number of rotatable bonds is 3. The number of amides is 1. The average molecular weight is 359 g/mol. The van der Waals surface area contributed by atoms with E-state index in [0.717, 1.165) is 16.7 Å². The second-order valence-electron chi connectivity index (χ2n) is 6.20. The predicted molar refractivity (Wildman–Crippen MR) is 95.9 cm³/mol. The SMILES string of the molecule is N#Cc1cccc(-c2cncc([C@H]3NC(=O)O[C@@H]3c3ccc(F)cc3)c2)c1. The van der Waals surface area contributed by atoms with Crippen molar-refractivity contribution < 1.29 is 13.9 Å². The molecule has 27 heavy (non-hydrogen) atoms. The molecule has 0 radical (unpaired) electrons. The number of nitrogens with one attached hydrogen (secondary N) is 1. The maximum atomic E-state index is 13.2. The highest BCUT2D eigenvalue weighted by molar-refractivity contribution is 5.72. The molecule has 1 saturated heterocycles. The molecule has 1 N–H and O–H groups in total. The number of nitrogens with zero attached hydrogens (tertiary/aromatic N) is 2. The number of alkyl carbamates (subject to hydrolysis) is 1. The number of cyclic esters (lactones) is 1. The monoisotopic (exact) mass is 359 g/mol. The third-order valence-corrected chi connectivity index (χ3v) is 4.45. The fourth-order valence-corrected chi connectivity index (χ4v) is 3.15. The van der Waals surface area contributed by atoms with Gasteiger partial charge in [0.15, 0.2) is 6.10 Å². The summed E-state index contributed by atoms with van der Waals surface area (Å²) in [6.45, 7) is 0. The van der Waals surface area contributed by atoms with E-state index in [-0.39, 0.29) is 5.82 Å². The minimum atomic E-state index is -0.583. The van der Waals surface area contributed by atoms with Crippen molar-refractivity contribution in [1.82, 2.24) is 10.3 Å². The smallest absolute Gasteiger partial charge is 0.408 e. The third-order valence-electron chi connectivity index (χ3n) is 4.45. The summed E-state index contributed by atoms with van der Waals surface area (Å²) < 4.78 is 18.6. The highest BCUT2D eigenvalue weighted by Gasteiger charge is 2.36. The van der Waals surface area contributed by atoms with E-state index in [1.54, 1.807) is 36.7 Å². The van der Waals surface area contributed by atoms with Crippen LogP contribution in [0, 0.1) is 17.1 Å². The first-order valence-electron chi connectivity index (χ1n) is 8.32. The van der Waals surface area contributed by atoms with Crippen LogP contribution in [0.15, 0.2) is 67.0 Å². The Kier molecular flexibility index (Phi) is 4.27. The Morgan fingerprint density at radius 3 is 2.63 bits per heavy atom. The lowest BCUT2D eigenvalue weighted by Gasteiger charge is -2.18. The summed E-state index contributed by atoms with van der Waals surface area (Å²) in [5, 5.41) is 11.9. The molecule has 1 aromatic heterocycles. The molecule has 2 aromatic carbocycles. The zero-order valence-electron chi connectivity index (χ0n) is 14.1. The van der Waals surface area contributed by atoms with E-state index >= 15 is 0 Å². The van der Waals surface area contributed by atoms with Gasteiger partial charge in [0.25, 0.3) is 0 Å². The Morgan fingerprint density at radius 1 is 1.04 bits per heavy atom. The van der Waals surface area contributed by atoms with Crippen molar-refractivity contribution in [1.29, 1.82) is 5.26 Å². The second kappa shape index (κ2) is 6.89. The molecule has 0 unspecified atom stereocenters. The van der Waals surface area contributed by atoms with Gasteiger partial charge in [0.05, 0.1) is 11.6 Å². The molecule has 1 fully saturated rings. The van der Waals surface area contributed by atoms with Crippen molar-refractivity contribution >= 4 is 6.09 Å². The van der Waals surface area contributed by atoms with Crippen LogP contribution in [-0.2, 0) is 4.74 Å². The van der Waals surface area contributed by atoms with Crippen LogP contribution in [0.25, 0.3) is 11.1 Å². The van der Waals surface area contributed by atoms with Crippen LogP contribution in [-0.4, -0.2) is 11.1 Å². The molecule has 2 heterocycles. The van der Waals surface area contributed by atoms with Gasteiger partial charge in [-0.05, 0) is 47.0 Å². The summed E-state index contributed by atoms with van der Waals surface area (Å²) in [5.41, 5.74) is 3.68. The largest absolute Gasteiger partial charge is 0.439 e. The molecule has 3 aromatic rings. The van der Waals surface area contributed by atoms with Crippen molar-refractivity contribution in [3.63, 3.8) is 0 Å². The van der Waals surface area contributed by atoms with E-state index in [0.29, 0.717) is 11.1 Å². The first-order chi connectivity index (χ1) is 13.1. The van der Waals surface area contributed by atoms with Crippen molar-refractivity contribution in [3.05, 3.63) is 89.5 Å². The van der Waals surface area contributed by atoms with E-state index < -0.39 is 18.2 Å². The molecule has 1 aliphatic rings. The lowest BCUT2D eigenvalue weighted by molar-refractivity contribution is 0.132. The quantitative estimate of drug-likeness (QED) is 0.757. The molecule has 2 atom stereocenters. The molecular weight excluding hydrogens is 345 g/mol. The summed E-state index contributed by atoms with van der Waals surface area (Å²) in [4.78, 5) is 16.1. The fraction of sp³-hybridized carbons (Fsp3) is 0.0952. The van der Waals surface area contributed by atoms with Gasteiger partial charge in [-0.15, -0.1) is 0 Å². The summed E-state index contributed by atoms with van der Waals surface area (Å²) in [6, 6.07) is 16.6. The number of hydrogen-bond donors (Lipinski definition) is 1. The van der Waals surface area contributed by atoms with Gasteiger partial charge in [-0.2, -0.15) is 5.26 Å². The summed E-state index contributed by atoms with van der Waals surface area (Å²) in [7, 11) is 0. The Bertz CT molecular complexity index is 1040. The van der Waals surface area contributed by atoms with Crippen LogP contribution < -0.4 is 5.32 Å². The van der Waals surface area contributed by atoms with Gasteiger partial charge in [-0.1, -0.05) is 24.3 Å². The van der Waals surface area contributed by atoms with E-state index in [2.05, 4.69) is 16.4 Å². The van der Waals surface area contributed by atoms with E-state index in [9.17, 15) is 9.18 Å². The Hall–Kier alpha value is -3.72. The Labute approximate surface area is 155 Å². The predicted octanol–water partition coefficient (Wildman–Crippen LogP) is 4.28. The molecule has 0 aliphatic carbocycles. The highest BCUT2D eigenvalue weighted by Crippen LogP contribution is 2.37. The number of pyridine rings is 1. The first-order valence-corrected chi connectivity index (χ1v) is 8.32. The summed E-state index contributed by atoms with van der Waals surface area (Å²) in [5.74, 6) is -0.353. The number of carbonyl (C=O) groups is 1. The van der Waals surface area contributed by atoms with E-state index in [1.165, 1.54) is 12.1 Å². The van der Waals surface area contributed by atoms with Crippen molar-refractivity contribution in [2.75, 3.05) is 0 Å². The molecule has 0 saturated carbocycles. The number of benzene rings is 2. The van der Waals surface area contributed by atoms with Crippen LogP contribution in [0.2, 0.25) is 0 Å². The molecule has 5 nitrogen and oxygen atoms in total. The number of carbonyl (C=O) groups excluding carboxylic acids is 1. The van der Waals surface area contributed by atoms with Crippen LogP contribution in [0.1, 0.15) is 28.8 Å². The maximum absolute atomic E-state index is 13.2. The van der Waals surface area contributed by atoms with Gasteiger partial charge in [-0.3, -0.25) is 4.98 Å². The number of nitriles is 1. The molecule has 1 aliphatic heterocycles. The van der Waals surface area contributed by atoms with E-state index in [4.69, 9.17) is 10.00 Å². The zero-order chi connectivity index (χ0) is 18.8. The third kappa shape index (κ3) is 3.35. The Morgan fingerprint density at radius 2 is 1.85 bits per heavy atom. The van der Waals surface area contributed by atoms with Crippen molar-refractivity contribution in [2.45, 2.75) is 12.1 Å². The number of halogens is 1. The number of hydrogen-bond acceptors (Lipinski definition) is 4. The molecule has 0 bridgehead atoms. The lowest BCUT2D eigenvalue weighted by Crippen LogP contribution is -2.19. The molecule has 6 heteroatoms. The van der Waals surface area contributed by atoms with Crippen molar-refractivity contribution in [2.24, 2.45) is 0 Å². The highest BCUT2D eigenvalue weighted by atomic mass is 19.1. The number of ether oxygens (including phenoxy) is 1. The minimum Gasteiger partial charge on any atom is -0.439 e. The molecule has 132 valence electrons. The topological polar surface area (TPSA) is 75.0 Å². The maximum Gasteiger partial charge on any atom is 0.408 e. The second-order valence-corrected chi connectivity index (χ2v) is 6.20. The van der Waals surface area contributed by atoms with Gasteiger partial charge in [0.2, 0.25) is 0 Å². The zero-order valence-corrected chi connectivity index (χ0v) is 14.1. The summed E-state index contributed by atoms with van der Waals surface area (Å²) in [6.07, 6.45) is 2.24. The van der Waals surface area contributed by atoms with Crippen LogP contribution in [0.4, 0.5) is 9.18 Å². The van der Waals surface area contributed by atoms with Gasteiger partial charge in [0, 0.05) is 18.0 Å². The molecule has 4 rings (SSSR count). The molecule has 0 spiro atoms. The first kappa shape index (κ1) is 16.7. The van der Waals surface area contributed by atoms with Gasteiger partial charge >= 0.3 is 6.09 Å². The fourth-order valence-electron chi connectivity index (χ4n) is 3.15. The van der Waals surface area contributed by atoms with Crippen LogP contribution in [0.3, 0.4) is 0 Å². The minimum absolute atomic E-state index is 0.353. The molecule has 1 amide bonds. The normalized spacial score (nSPS) is 18.4. The Balaban J connectivity index is 1.70.